The Morgan fingerprint density at radius 2 is 1.07 bits per heavy atom. The van der Waals surface area contributed by atoms with Gasteiger partial charge >= 0.3 is 0 Å². The van der Waals surface area contributed by atoms with Gasteiger partial charge in [-0.05, 0) is 16.7 Å². The Hall–Kier alpha value is -2.68. The van der Waals surface area contributed by atoms with Gasteiger partial charge in [0.2, 0.25) is 0 Å². The molecule has 4 rings (SSSR count). The minimum absolute atomic E-state index is 0.311. The third-order valence-corrected chi connectivity index (χ3v) is 5.14. The fourth-order valence-corrected chi connectivity index (χ4v) is 3.74. The van der Waals surface area contributed by atoms with E-state index in [1.807, 2.05) is 0 Å². The average Bonchev–Trinajstić information content (AvgIpc) is 3.10. The standard InChI is InChI=1S/C25H26N2/c1-4-10-22(11-5-1)16-17-25-26(20-23-12-6-2-7-13-23)18-19-27(25)21-24-14-8-3-9-15-24/h1-17,25H,18-21H2/b17-16-. The predicted molar refractivity (Wildman–Crippen MR) is 113 cm³/mol. The highest BCUT2D eigenvalue weighted by Crippen LogP contribution is 2.22. The van der Waals surface area contributed by atoms with Crippen LogP contribution in [0.25, 0.3) is 6.08 Å². The van der Waals surface area contributed by atoms with Crippen molar-refractivity contribution in [3.8, 4) is 0 Å². The van der Waals surface area contributed by atoms with E-state index in [-0.39, 0.29) is 0 Å². The molecular formula is C25H26N2. The molecule has 2 heteroatoms. The van der Waals surface area contributed by atoms with E-state index in [0.717, 1.165) is 26.2 Å². The van der Waals surface area contributed by atoms with Crippen LogP contribution in [0.5, 0.6) is 0 Å². The van der Waals surface area contributed by atoms with Crippen molar-refractivity contribution in [3.63, 3.8) is 0 Å². The van der Waals surface area contributed by atoms with Crippen LogP contribution in [-0.4, -0.2) is 29.1 Å². The maximum Gasteiger partial charge on any atom is 0.0824 e. The summed E-state index contributed by atoms with van der Waals surface area (Å²) >= 11 is 0. The largest absolute Gasteiger partial charge is 0.279 e. The molecule has 0 saturated carbocycles. The van der Waals surface area contributed by atoms with Crippen LogP contribution in [-0.2, 0) is 13.1 Å². The van der Waals surface area contributed by atoms with Gasteiger partial charge in [-0.25, -0.2) is 0 Å². The second kappa shape index (κ2) is 8.81. The molecule has 0 bridgehead atoms. The van der Waals surface area contributed by atoms with Crippen LogP contribution in [0.15, 0.2) is 97.1 Å². The highest BCUT2D eigenvalue weighted by molar-refractivity contribution is 5.49. The Kier molecular flexibility index (Phi) is 5.78. The molecule has 0 N–H and O–H groups in total. The lowest BCUT2D eigenvalue weighted by Crippen LogP contribution is -2.36. The Morgan fingerprint density at radius 3 is 1.56 bits per heavy atom. The highest BCUT2D eigenvalue weighted by atomic mass is 15.4. The van der Waals surface area contributed by atoms with E-state index in [4.69, 9.17) is 0 Å². The van der Waals surface area contributed by atoms with E-state index in [0.29, 0.717) is 6.17 Å². The first kappa shape index (κ1) is 17.7. The molecule has 1 heterocycles. The molecule has 1 aliphatic rings. The summed E-state index contributed by atoms with van der Waals surface area (Å²) in [4.78, 5) is 5.13. The van der Waals surface area contributed by atoms with Crippen molar-refractivity contribution in [1.29, 1.82) is 0 Å². The first-order chi connectivity index (χ1) is 13.4. The molecule has 0 amide bonds. The summed E-state index contributed by atoms with van der Waals surface area (Å²) in [5.41, 5.74) is 4.00. The molecule has 0 unspecified atom stereocenters. The zero-order chi connectivity index (χ0) is 18.3. The fourth-order valence-electron chi connectivity index (χ4n) is 3.74. The summed E-state index contributed by atoms with van der Waals surface area (Å²) in [5.74, 6) is 0. The van der Waals surface area contributed by atoms with Crippen molar-refractivity contribution in [1.82, 2.24) is 9.80 Å². The van der Waals surface area contributed by atoms with Crippen LogP contribution in [0.1, 0.15) is 16.7 Å². The number of hydrogen-bond acceptors (Lipinski definition) is 2. The summed E-state index contributed by atoms with van der Waals surface area (Å²) in [5, 5.41) is 0. The molecule has 0 radical (unpaired) electrons. The number of hydrogen-bond donors (Lipinski definition) is 0. The Balaban J connectivity index is 1.54. The van der Waals surface area contributed by atoms with E-state index < -0.39 is 0 Å². The molecule has 0 aliphatic carbocycles. The zero-order valence-electron chi connectivity index (χ0n) is 15.6. The average molecular weight is 354 g/mol. The monoisotopic (exact) mass is 354 g/mol. The van der Waals surface area contributed by atoms with E-state index in [9.17, 15) is 0 Å². The van der Waals surface area contributed by atoms with Gasteiger partial charge in [0.15, 0.2) is 0 Å². The van der Waals surface area contributed by atoms with Crippen LogP contribution < -0.4 is 0 Å². The molecule has 3 aromatic rings. The lowest BCUT2D eigenvalue weighted by molar-refractivity contribution is 0.168. The summed E-state index contributed by atoms with van der Waals surface area (Å²) in [7, 11) is 0. The van der Waals surface area contributed by atoms with Crippen LogP contribution >= 0.6 is 0 Å². The van der Waals surface area contributed by atoms with Gasteiger partial charge < -0.3 is 0 Å². The number of nitrogens with zero attached hydrogens (tertiary/aromatic N) is 2. The first-order valence-electron chi connectivity index (χ1n) is 9.68. The molecule has 27 heavy (non-hydrogen) atoms. The molecular weight excluding hydrogens is 328 g/mol. The molecule has 1 saturated heterocycles. The number of benzene rings is 3. The Morgan fingerprint density at radius 1 is 0.630 bits per heavy atom. The van der Waals surface area contributed by atoms with Gasteiger partial charge in [-0.1, -0.05) is 103 Å². The van der Waals surface area contributed by atoms with Crippen LogP contribution in [0.2, 0.25) is 0 Å². The van der Waals surface area contributed by atoms with Crippen LogP contribution in [0.3, 0.4) is 0 Å². The van der Waals surface area contributed by atoms with E-state index >= 15 is 0 Å². The molecule has 3 aromatic carbocycles. The quantitative estimate of drug-likeness (QED) is 0.611. The van der Waals surface area contributed by atoms with E-state index in [1.54, 1.807) is 0 Å². The van der Waals surface area contributed by atoms with Gasteiger partial charge in [0.1, 0.15) is 0 Å². The lowest BCUT2D eigenvalue weighted by atomic mass is 10.1. The highest BCUT2D eigenvalue weighted by Gasteiger charge is 2.29. The second-order valence-corrected chi connectivity index (χ2v) is 7.10. The first-order valence-corrected chi connectivity index (χ1v) is 9.68. The molecule has 0 atom stereocenters. The van der Waals surface area contributed by atoms with Gasteiger partial charge in [-0.15, -0.1) is 0 Å². The fraction of sp³-hybridized carbons (Fsp3) is 0.200. The third-order valence-electron chi connectivity index (χ3n) is 5.14. The van der Waals surface area contributed by atoms with Crippen molar-refractivity contribution < 1.29 is 0 Å². The smallest absolute Gasteiger partial charge is 0.0824 e. The molecule has 136 valence electrons. The molecule has 2 nitrogen and oxygen atoms in total. The molecule has 1 fully saturated rings. The van der Waals surface area contributed by atoms with Crippen LogP contribution in [0.4, 0.5) is 0 Å². The van der Waals surface area contributed by atoms with Gasteiger partial charge in [0, 0.05) is 26.2 Å². The topological polar surface area (TPSA) is 6.48 Å². The summed E-state index contributed by atoms with van der Waals surface area (Å²) in [6.45, 7) is 4.14. The van der Waals surface area contributed by atoms with Crippen LogP contribution in [0, 0.1) is 0 Å². The van der Waals surface area contributed by atoms with Gasteiger partial charge in [-0.2, -0.15) is 0 Å². The summed E-state index contributed by atoms with van der Waals surface area (Å²) in [6.07, 6.45) is 4.92. The van der Waals surface area contributed by atoms with Gasteiger partial charge in [0.25, 0.3) is 0 Å². The Bertz CT molecular complexity index is 794. The van der Waals surface area contributed by atoms with E-state index in [2.05, 4.69) is 113 Å². The Labute approximate surface area is 162 Å². The molecule has 0 aromatic heterocycles. The molecule has 1 aliphatic heterocycles. The third kappa shape index (κ3) is 4.73. The summed E-state index contributed by atoms with van der Waals surface area (Å²) in [6, 6.07) is 32.1. The minimum atomic E-state index is 0.311. The summed E-state index contributed by atoms with van der Waals surface area (Å²) < 4.78 is 0. The van der Waals surface area contributed by atoms with Crippen molar-refractivity contribution in [3.05, 3.63) is 114 Å². The maximum absolute atomic E-state index is 2.57. The lowest BCUT2D eigenvalue weighted by Gasteiger charge is -2.28. The van der Waals surface area contributed by atoms with Crippen molar-refractivity contribution >= 4 is 6.08 Å². The minimum Gasteiger partial charge on any atom is -0.279 e. The maximum atomic E-state index is 2.57. The molecule has 0 spiro atoms. The van der Waals surface area contributed by atoms with Crippen molar-refractivity contribution in [2.24, 2.45) is 0 Å². The SMILES string of the molecule is C(=C/C1N(Cc2ccccc2)CCN1Cc1ccccc1)/c1ccccc1. The van der Waals surface area contributed by atoms with Gasteiger partial charge in [-0.3, -0.25) is 9.80 Å². The number of rotatable bonds is 6. The predicted octanol–water partition coefficient (Wildman–Crippen LogP) is 5.04. The van der Waals surface area contributed by atoms with Crippen molar-refractivity contribution in [2.75, 3.05) is 13.1 Å². The second-order valence-electron chi connectivity index (χ2n) is 7.10. The van der Waals surface area contributed by atoms with Gasteiger partial charge in [0.05, 0.1) is 6.17 Å². The zero-order valence-corrected chi connectivity index (χ0v) is 15.6. The normalized spacial score (nSPS) is 16.3. The van der Waals surface area contributed by atoms with E-state index in [1.165, 1.54) is 16.7 Å². The van der Waals surface area contributed by atoms with Crippen molar-refractivity contribution in [2.45, 2.75) is 19.3 Å².